The van der Waals surface area contributed by atoms with E-state index in [1.165, 1.54) is 5.57 Å². The molecule has 3 unspecified atom stereocenters. The van der Waals surface area contributed by atoms with Gasteiger partial charge in [0.1, 0.15) is 0 Å². The van der Waals surface area contributed by atoms with E-state index in [-0.39, 0.29) is 17.9 Å². The third-order valence-electron chi connectivity index (χ3n) is 3.45. The van der Waals surface area contributed by atoms with Gasteiger partial charge in [-0.05, 0) is 27.7 Å². The van der Waals surface area contributed by atoms with Gasteiger partial charge in [0.25, 0.3) is 0 Å². The molecule has 86 valence electrons. The maximum Gasteiger partial charge on any atom is 0.223 e. The van der Waals surface area contributed by atoms with Crippen LogP contribution in [0.4, 0.5) is 0 Å². The maximum absolute atomic E-state index is 11.7. The number of rotatable bonds is 3. The zero-order valence-electron chi connectivity index (χ0n) is 10.0. The summed E-state index contributed by atoms with van der Waals surface area (Å²) in [7, 11) is 0. The Balaban J connectivity index is 2.69. The lowest BCUT2D eigenvalue weighted by Gasteiger charge is -2.26. The van der Waals surface area contributed by atoms with Gasteiger partial charge in [0.2, 0.25) is 5.91 Å². The van der Waals surface area contributed by atoms with Crippen LogP contribution in [-0.2, 0) is 4.79 Å². The van der Waals surface area contributed by atoms with Crippen molar-refractivity contribution in [3.63, 3.8) is 0 Å². The molecule has 1 N–H and O–H groups in total. The molecule has 1 amide bonds. The number of aliphatic hydroxyl groups is 1. The van der Waals surface area contributed by atoms with Crippen LogP contribution in [0.3, 0.4) is 0 Å². The highest BCUT2D eigenvalue weighted by molar-refractivity contribution is 5.79. The predicted molar refractivity (Wildman–Crippen MR) is 60.4 cm³/mol. The molecule has 1 fully saturated rings. The number of amides is 1. The summed E-state index contributed by atoms with van der Waals surface area (Å²) in [5, 5.41) is 9.47. The van der Waals surface area contributed by atoms with Crippen LogP contribution in [0.1, 0.15) is 34.1 Å². The minimum Gasteiger partial charge on any atom is -0.393 e. The molecular weight excluding hydrogens is 190 g/mol. The quantitative estimate of drug-likeness (QED) is 0.720. The first-order valence-electron chi connectivity index (χ1n) is 5.57. The van der Waals surface area contributed by atoms with E-state index >= 15 is 0 Å². The van der Waals surface area contributed by atoms with Gasteiger partial charge in [-0.15, -0.1) is 0 Å². The number of hydrogen-bond acceptors (Lipinski definition) is 2. The number of nitrogens with zero attached hydrogens (tertiary/aromatic N) is 1. The summed E-state index contributed by atoms with van der Waals surface area (Å²) in [6.45, 7) is 8.50. The molecule has 0 radical (unpaired) electrons. The monoisotopic (exact) mass is 211 g/mol. The second-order valence-electron chi connectivity index (χ2n) is 4.46. The number of aliphatic hydroxyl groups excluding tert-OH is 1. The molecule has 0 aromatic heterocycles. The Morgan fingerprint density at radius 3 is 2.60 bits per heavy atom. The molecule has 0 saturated carbocycles. The van der Waals surface area contributed by atoms with Gasteiger partial charge in [0.15, 0.2) is 0 Å². The van der Waals surface area contributed by atoms with Crippen LogP contribution in [0, 0.1) is 5.92 Å². The number of allylic oxidation sites excluding steroid dienone is 1. The number of likely N-dealkylation sites (tertiary alicyclic amines) is 1. The first kappa shape index (κ1) is 12.2. The second kappa shape index (κ2) is 4.79. The van der Waals surface area contributed by atoms with Crippen molar-refractivity contribution in [3.05, 3.63) is 11.6 Å². The van der Waals surface area contributed by atoms with Crippen molar-refractivity contribution < 1.29 is 9.90 Å². The van der Waals surface area contributed by atoms with Crippen LogP contribution < -0.4 is 0 Å². The summed E-state index contributed by atoms with van der Waals surface area (Å²) in [5.41, 5.74) is 1.20. The SMILES string of the molecule is CC=C(C)C(C)N1CC(C(C)O)CC1=O. The second-order valence-corrected chi connectivity index (χ2v) is 4.46. The van der Waals surface area contributed by atoms with Crippen molar-refractivity contribution in [1.82, 2.24) is 4.90 Å². The maximum atomic E-state index is 11.7. The van der Waals surface area contributed by atoms with Gasteiger partial charge in [-0.25, -0.2) is 0 Å². The van der Waals surface area contributed by atoms with Crippen molar-refractivity contribution in [2.75, 3.05) is 6.54 Å². The highest BCUT2D eigenvalue weighted by atomic mass is 16.3. The van der Waals surface area contributed by atoms with Crippen molar-refractivity contribution >= 4 is 5.91 Å². The van der Waals surface area contributed by atoms with E-state index in [0.29, 0.717) is 13.0 Å². The van der Waals surface area contributed by atoms with E-state index in [1.54, 1.807) is 6.92 Å². The van der Waals surface area contributed by atoms with Gasteiger partial charge in [-0.3, -0.25) is 4.79 Å². The molecule has 15 heavy (non-hydrogen) atoms. The fourth-order valence-electron chi connectivity index (χ4n) is 1.94. The van der Waals surface area contributed by atoms with E-state index < -0.39 is 6.10 Å². The van der Waals surface area contributed by atoms with Crippen molar-refractivity contribution in [2.24, 2.45) is 5.92 Å². The van der Waals surface area contributed by atoms with E-state index in [1.807, 2.05) is 31.7 Å². The summed E-state index contributed by atoms with van der Waals surface area (Å²) in [4.78, 5) is 13.6. The molecule has 0 aromatic rings. The summed E-state index contributed by atoms with van der Waals surface area (Å²) in [6, 6.07) is 0.159. The van der Waals surface area contributed by atoms with Crippen molar-refractivity contribution in [2.45, 2.75) is 46.3 Å². The standard InChI is InChI=1S/C12H21NO2/c1-5-8(2)9(3)13-7-11(10(4)14)6-12(13)15/h5,9-11,14H,6-7H2,1-4H3. The highest BCUT2D eigenvalue weighted by Crippen LogP contribution is 2.25. The van der Waals surface area contributed by atoms with Crippen molar-refractivity contribution in [3.8, 4) is 0 Å². The van der Waals surface area contributed by atoms with Gasteiger partial charge in [-0.1, -0.05) is 11.6 Å². The van der Waals surface area contributed by atoms with E-state index in [9.17, 15) is 9.90 Å². The minimum atomic E-state index is -0.392. The van der Waals surface area contributed by atoms with Gasteiger partial charge >= 0.3 is 0 Å². The fourth-order valence-corrected chi connectivity index (χ4v) is 1.94. The highest BCUT2D eigenvalue weighted by Gasteiger charge is 2.34. The molecule has 0 aromatic carbocycles. The summed E-state index contributed by atoms with van der Waals surface area (Å²) < 4.78 is 0. The molecule has 0 spiro atoms. The molecule has 3 atom stereocenters. The van der Waals surface area contributed by atoms with E-state index in [4.69, 9.17) is 0 Å². The van der Waals surface area contributed by atoms with Gasteiger partial charge in [-0.2, -0.15) is 0 Å². The first-order chi connectivity index (χ1) is 6.97. The summed E-state index contributed by atoms with van der Waals surface area (Å²) >= 11 is 0. The summed E-state index contributed by atoms with van der Waals surface area (Å²) in [6.07, 6.45) is 2.13. The zero-order chi connectivity index (χ0) is 11.6. The third-order valence-corrected chi connectivity index (χ3v) is 3.45. The number of carbonyl (C=O) groups excluding carboxylic acids is 1. The lowest BCUT2D eigenvalue weighted by Crippen LogP contribution is -2.35. The molecule has 1 aliphatic rings. The number of carbonyl (C=O) groups is 1. The molecule has 3 nitrogen and oxygen atoms in total. The lowest BCUT2D eigenvalue weighted by molar-refractivity contribution is -0.128. The van der Waals surface area contributed by atoms with E-state index in [0.717, 1.165) is 0 Å². The summed E-state index contributed by atoms with van der Waals surface area (Å²) in [5.74, 6) is 0.263. The van der Waals surface area contributed by atoms with Crippen LogP contribution in [-0.4, -0.2) is 34.6 Å². The Bertz CT molecular complexity index is 271. The molecule has 1 rings (SSSR count). The normalized spacial score (nSPS) is 27.0. The molecule has 1 heterocycles. The Labute approximate surface area is 91.8 Å². The van der Waals surface area contributed by atoms with Crippen LogP contribution in [0.25, 0.3) is 0 Å². The zero-order valence-corrected chi connectivity index (χ0v) is 10.0. The Morgan fingerprint density at radius 1 is 1.60 bits per heavy atom. The van der Waals surface area contributed by atoms with E-state index in [2.05, 4.69) is 0 Å². The Morgan fingerprint density at radius 2 is 2.20 bits per heavy atom. The molecular formula is C12H21NO2. The minimum absolute atomic E-state index is 0.101. The van der Waals surface area contributed by atoms with Crippen LogP contribution in [0.5, 0.6) is 0 Å². The van der Waals surface area contributed by atoms with Crippen LogP contribution in [0.2, 0.25) is 0 Å². The van der Waals surface area contributed by atoms with Gasteiger partial charge in [0, 0.05) is 24.9 Å². The van der Waals surface area contributed by atoms with Crippen molar-refractivity contribution in [1.29, 1.82) is 0 Å². The van der Waals surface area contributed by atoms with Crippen LogP contribution in [0.15, 0.2) is 11.6 Å². The average molecular weight is 211 g/mol. The molecule has 3 heteroatoms. The van der Waals surface area contributed by atoms with Gasteiger partial charge in [0.05, 0.1) is 6.10 Å². The lowest BCUT2D eigenvalue weighted by atomic mass is 10.0. The first-order valence-corrected chi connectivity index (χ1v) is 5.57. The molecule has 0 bridgehead atoms. The Hall–Kier alpha value is -0.830. The number of hydrogen-bond donors (Lipinski definition) is 1. The third kappa shape index (κ3) is 2.59. The molecule has 1 saturated heterocycles. The topological polar surface area (TPSA) is 40.5 Å². The predicted octanol–water partition coefficient (Wildman–Crippen LogP) is 1.57. The largest absolute Gasteiger partial charge is 0.393 e. The Kier molecular flexibility index (Phi) is 3.91. The molecule has 0 aliphatic carbocycles. The smallest absolute Gasteiger partial charge is 0.223 e. The van der Waals surface area contributed by atoms with Gasteiger partial charge < -0.3 is 10.0 Å². The fraction of sp³-hybridized carbons (Fsp3) is 0.750. The van der Waals surface area contributed by atoms with Crippen LogP contribution >= 0.6 is 0 Å². The average Bonchev–Trinajstić information content (AvgIpc) is 2.58. The molecule has 1 aliphatic heterocycles.